The number of nitrogens with one attached hydrogen (secondary N) is 2. The van der Waals surface area contributed by atoms with Gasteiger partial charge in [-0.2, -0.15) is 0 Å². The molecule has 0 amide bonds. The highest BCUT2D eigenvalue weighted by Gasteiger charge is 2.05. The number of nitrogens with two attached hydrogens (primary N) is 2. The van der Waals surface area contributed by atoms with Crippen LogP contribution < -0.4 is 17.2 Å². The number of esters is 3. The molecule has 138 valence electrons. The molecule has 24 heavy (non-hydrogen) atoms. The monoisotopic (exact) mass is 350 g/mol. The molecule has 0 saturated carbocycles. The van der Waals surface area contributed by atoms with E-state index in [9.17, 15) is 19.2 Å². The smallest absolute Gasteiger partial charge is 0.384 e. The Morgan fingerprint density at radius 2 is 1.38 bits per heavy atom. The zero-order chi connectivity index (χ0) is 17.5. The molecule has 0 fully saturated rings. The molecule has 0 saturated heterocycles. The molecule has 0 aliphatic rings. The van der Waals surface area contributed by atoms with E-state index in [2.05, 4.69) is 36.1 Å². The number of carbonyl (C=O) groups is 3. The van der Waals surface area contributed by atoms with Gasteiger partial charge in [0.2, 0.25) is 0 Å². The summed E-state index contributed by atoms with van der Waals surface area (Å²) < 4.78 is 12.6. The largest absolute Gasteiger partial charge is 0.464 e. The fourth-order valence-electron chi connectivity index (χ4n) is 0.756. The summed E-state index contributed by atoms with van der Waals surface area (Å²) in [5, 5.41) is 4.55. The Morgan fingerprint density at radius 3 is 1.62 bits per heavy atom. The Hall–Kier alpha value is -3.14. The Kier molecular flexibility index (Phi) is 21.6. The van der Waals surface area contributed by atoms with Gasteiger partial charge in [-0.1, -0.05) is 7.43 Å². The van der Waals surface area contributed by atoms with Crippen molar-refractivity contribution in [3.8, 4) is 11.8 Å². The zero-order valence-electron chi connectivity index (χ0n) is 12.6. The standard InChI is InChI=1S/C6H6O4.C5H6N2O3.CH4.H4N2.H2O/c1-9-5(7)3-4-6(8)10-2;1-10-5(9)3-2-4(8)7-6-3;;1-2;/h1-2H3;2H,1H3,(H2,6,7,8);1H4;1-2H2;1H2. The van der Waals surface area contributed by atoms with E-state index in [4.69, 9.17) is 0 Å². The fourth-order valence-corrected chi connectivity index (χ4v) is 0.756. The predicted molar refractivity (Wildman–Crippen MR) is 83.3 cm³/mol. The van der Waals surface area contributed by atoms with Gasteiger partial charge in [0.05, 0.1) is 21.3 Å². The molecule has 0 radical (unpaired) electrons. The van der Waals surface area contributed by atoms with Gasteiger partial charge in [-0.25, -0.2) is 14.4 Å². The van der Waals surface area contributed by atoms with E-state index in [-0.39, 0.29) is 24.2 Å². The summed E-state index contributed by atoms with van der Waals surface area (Å²) in [6.45, 7) is 0. The molecule has 0 unspecified atom stereocenters. The van der Waals surface area contributed by atoms with Gasteiger partial charge in [0, 0.05) is 17.9 Å². The Balaban J connectivity index is -0.000000140. The van der Waals surface area contributed by atoms with Gasteiger partial charge in [0.15, 0.2) is 0 Å². The van der Waals surface area contributed by atoms with E-state index < -0.39 is 17.9 Å². The topological polar surface area (TPSA) is 211 Å². The molecule has 0 bridgehead atoms. The number of carbonyl (C=O) groups excluding carboxylic acids is 3. The van der Waals surface area contributed by atoms with Crippen LogP contribution in [0.2, 0.25) is 0 Å². The van der Waals surface area contributed by atoms with Gasteiger partial charge in [-0.15, -0.1) is 0 Å². The lowest BCUT2D eigenvalue weighted by Gasteiger charge is -1.90. The average molecular weight is 350 g/mol. The van der Waals surface area contributed by atoms with Crippen LogP contribution in [-0.4, -0.2) is 54.9 Å². The van der Waals surface area contributed by atoms with Crippen molar-refractivity contribution >= 4 is 17.9 Å². The van der Waals surface area contributed by atoms with E-state index >= 15 is 0 Å². The fraction of sp³-hybridized carbons (Fsp3) is 0.333. The molecular weight excluding hydrogens is 328 g/mol. The molecule has 1 aromatic rings. The maximum Gasteiger partial charge on any atom is 0.384 e. The SMILES string of the molecule is C.COC(=O)C#CC(=O)OC.COC(=O)c1cc(=O)[nH][nH]1.NN.O. The second kappa shape index (κ2) is 17.9. The van der Waals surface area contributed by atoms with Crippen LogP contribution in [0.1, 0.15) is 17.9 Å². The predicted octanol–water partition coefficient (Wildman–Crippen LogP) is -2.54. The third kappa shape index (κ3) is 13.8. The number of aromatic nitrogens is 2. The van der Waals surface area contributed by atoms with Gasteiger partial charge >= 0.3 is 17.9 Å². The van der Waals surface area contributed by atoms with Crippen LogP contribution in [0.15, 0.2) is 10.9 Å². The van der Waals surface area contributed by atoms with Crippen LogP contribution in [0.25, 0.3) is 0 Å². The summed E-state index contributed by atoms with van der Waals surface area (Å²) in [6.07, 6.45) is 0. The molecule has 1 aromatic heterocycles. The second-order valence-corrected chi connectivity index (χ2v) is 2.90. The van der Waals surface area contributed by atoms with E-state index in [1.165, 1.54) is 21.3 Å². The summed E-state index contributed by atoms with van der Waals surface area (Å²) in [7, 11) is 3.59. The Morgan fingerprint density at radius 1 is 0.958 bits per heavy atom. The minimum atomic E-state index is -0.759. The van der Waals surface area contributed by atoms with Crippen molar-refractivity contribution in [2.24, 2.45) is 11.7 Å². The van der Waals surface area contributed by atoms with Crippen molar-refractivity contribution in [2.75, 3.05) is 21.3 Å². The highest BCUT2D eigenvalue weighted by molar-refractivity contribution is 5.98. The van der Waals surface area contributed by atoms with E-state index in [1.54, 1.807) is 0 Å². The quantitative estimate of drug-likeness (QED) is 0.105. The summed E-state index contributed by atoms with van der Waals surface area (Å²) in [5.41, 5.74) is -0.215. The van der Waals surface area contributed by atoms with E-state index in [1.807, 2.05) is 11.8 Å². The highest BCUT2D eigenvalue weighted by Crippen LogP contribution is 1.88. The number of methoxy groups -OCH3 is 3. The Bertz CT molecular complexity index is 576. The number of aromatic amines is 2. The lowest BCUT2D eigenvalue weighted by atomic mass is 10.4. The van der Waals surface area contributed by atoms with Crippen molar-refractivity contribution in [2.45, 2.75) is 7.43 Å². The van der Waals surface area contributed by atoms with Crippen molar-refractivity contribution in [1.82, 2.24) is 10.2 Å². The lowest BCUT2D eigenvalue weighted by molar-refractivity contribution is -0.135. The van der Waals surface area contributed by atoms with Crippen LogP contribution in [0.5, 0.6) is 0 Å². The summed E-state index contributed by atoms with van der Waals surface area (Å²) in [6, 6.07) is 1.13. The van der Waals surface area contributed by atoms with Crippen molar-refractivity contribution in [3.63, 3.8) is 0 Å². The van der Waals surface area contributed by atoms with Gasteiger partial charge in [0.1, 0.15) is 5.69 Å². The number of ether oxygens (including phenoxy) is 3. The molecular formula is C12H22N4O8. The number of rotatable bonds is 1. The molecule has 12 heteroatoms. The molecule has 0 aliphatic carbocycles. The Labute approximate surface area is 137 Å². The van der Waals surface area contributed by atoms with Crippen LogP contribution in [0, 0.1) is 11.8 Å². The first kappa shape index (κ1) is 28.9. The van der Waals surface area contributed by atoms with Gasteiger partial charge in [0.25, 0.3) is 5.56 Å². The first-order chi connectivity index (χ1) is 10.4. The maximum atomic E-state index is 10.6. The van der Waals surface area contributed by atoms with Crippen molar-refractivity contribution < 1.29 is 34.1 Å². The summed E-state index contributed by atoms with van der Waals surface area (Å²) in [4.78, 5) is 41.5. The van der Waals surface area contributed by atoms with Gasteiger partial charge in [-0.3, -0.25) is 26.7 Å². The maximum absolute atomic E-state index is 10.6. The molecule has 0 spiro atoms. The van der Waals surface area contributed by atoms with Crippen LogP contribution in [-0.2, 0) is 23.8 Å². The molecule has 0 atom stereocenters. The lowest BCUT2D eigenvalue weighted by Crippen LogP contribution is -2.02. The molecule has 1 rings (SSSR count). The number of hydrogen-bond acceptors (Lipinski definition) is 9. The third-order valence-electron chi connectivity index (χ3n) is 1.64. The van der Waals surface area contributed by atoms with Crippen LogP contribution >= 0.6 is 0 Å². The molecule has 12 nitrogen and oxygen atoms in total. The minimum Gasteiger partial charge on any atom is -0.464 e. The molecule has 1 heterocycles. The summed E-state index contributed by atoms with van der Waals surface area (Å²) >= 11 is 0. The molecule has 8 N–H and O–H groups in total. The number of hydrazine groups is 1. The van der Waals surface area contributed by atoms with Gasteiger partial charge in [-0.05, 0) is 0 Å². The second-order valence-electron chi connectivity index (χ2n) is 2.90. The summed E-state index contributed by atoms with van der Waals surface area (Å²) in [5.74, 6) is 9.72. The van der Waals surface area contributed by atoms with Crippen LogP contribution in [0.3, 0.4) is 0 Å². The first-order valence-electron chi connectivity index (χ1n) is 5.31. The molecule has 0 aromatic carbocycles. The number of hydrogen-bond donors (Lipinski definition) is 4. The normalized spacial score (nSPS) is 7.04. The minimum absolute atomic E-state index is 0. The zero-order valence-corrected chi connectivity index (χ0v) is 12.6. The highest BCUT2D eigenvalue weighted by atomic mass is 16.5. The third-order valence-corrected chi connectivity index (χ3v) is 1.64. The van der Waals surface area contributed by atoms with E-state index in [0.29, 0.717) is 0 Å². The molecule has 0 aliphatic heterocycles. The number of H-pyrrole nitrogens is 2. The van der Waals surface area contributed by atoms with E-state index in [0.717, 1.165) is 6.07 Å². The van der Waals surface area contributed by atoms with Crippen molar-refractivity contribution in [1.29, 1.82) is 0 Å². The van der Waals surface area contributed by atoms with Gasteiger partial charge < -0.3 is 19.7 Å². The first-order valence-corrected chi connectivity index (χ1v) is 5.31. The average Bonchev–Trinajstić information content (AvgIpc) is 3.00. The van der Waals surface area contributed by atoms with Crippen molar-refractivity contribution in [3.05, 3.63) is 22.1 Å². The van der Waals surface area contributed by atoms with Crippen LogP contribution in [0.4, 0.5) is 0 Å².